The van der Waals surface area contributed by atoms with Crippen molar-refractivity contribution in [2.24, 2.45) is 11.7 Å². The van der Waals surface area contributed by atoms with Crippen molar-refractivity contribution in [3.8, 4) is 0 Å². The number of carbonyl (C=O) groups excluding carboxylic acids is 1. The number of hydrogen-bond donors (Lipinski definition) is 1. The number of hydrogen-bond acceptors (Lipinski definition) is 2. The maximum atomic E-state index is 12.1. The highest BCUT2D eigenvalue weighted by atomic mass is 16.2. The van der Waals surface area contributed by atoms with Crippen LogP contribution >= 0.6 is 0 Å². The van der Waals surface area contributed by atoms with Crippen molar-refractivity contribution < 1.29 is 4.79 Å². The minimum absolute atomic E-state index is 0.164. The Balaban J connectivity index is 2.63. The number of nitrogens with zero attached hydrogens (tertiary/aromatic N) is 1. The first kappa shape index (κ1) is 14.7. The second-order valence-electron chi connectivity index (χ2n) is 5.19. The number of benzene rings is 1. The fourth-order valence-corrected chi connectivity index (χ4v) is 1.77. The summed E-state index contributed by atoms with van der Waals surface area (Å²) in [6.07, 6.45) is 0.457. The van der Waals surface area contributed by atoms with E-state index in [-0.39, 0.29) is 11.9 Å². The largest absolute Gasteiger partial charge is 0.343 e. The van der Waals surface area contributed by atoms with E-state index >= 15 is 0 Å². The third-order valence-electron chi connectivity index (χ3n) is 3.58. The molecule has 1 unspecified atom stereocenters. The molecule has 1 aromatic rings. The topological polar surface area (TPSA) is 46.3 Å². The third kappa shape index (κ3) is 3.84. The van der Waals surface area contributed by atoms with E-state index in [9.17, 15) is 4.79 Å². The summed E-state index contributed by atoms with van der Waals surface area (Å²) in [6, 6.07) is 8.19. The molecule has 3 heteroatoms. The summed E-state index contributed by atoms with van der Waals surface area (Å²) < 4.78 is 0. The number of nitrogens with two attached hydrogens (primary N) is 1. The van der Waals surface area contributed by atoms with Crippen molar-refractivity contribution in [2.75, 3.05) is 7.05 Å². The van der Waals surface area contributed by atoms with E-state index in [2.05, 4.69) is 20.8 Å². The molecular weight excluding hydrogens is 224 g/mol. The molecule has 100 valence electrons. The fraction of sp³-hybridized carbons (Fsp3) is 0.533. The summed E-state index contributed by atoms with van der Waals surface area (Å²) >= 11 is 0. The van der Waals surface area contributed by atoms with Crippen LogP contribution in [0.25, 0.3) is 0 Å². The van der Waals surface area contributed by atoms with E-state index in [1.54, 1.807) is 0 Å². The number of likely N-dealkylation sites (N-methyl/N-ethyl adjacent to an activating group) is 1. The second kappa shape index (κ2) is 6.55. The van der Waals surface area contributed by atoms with Crippen LogP contribution in [0.15, 0.2) is 24.3 Å². The molecule has 0 spiro atoms. The highest BCUT2D eigenvalue weighted by Gasteiger charge is 2.18. The van der Waals surface area contributed by atoms with Gasteiger partial charge in [0.25, 0.3) is 0 Å². The molecule has 0 saturated carbocycles. The molecule has 2 N–H and O–H groups in total. The molecule has 0 aliphatic carbocycles. The van der Waals surface area contributed by atoms with Crippen molar-refractivity contribution in [3.63, 3.8) is 0 Å². The third-order valence-corrected chi connectivity index (χ3v) is 3.58. The van der Waals surface area contributed by atoms with E-state index in [4.69, 9.17) is 5.73 Å². The highest BCUT2D eigenvalue weighted by molar-refractivity contribution is 5.78. The molecule has 0 heterocycles. The predicted molar refractivity (Wildman–Crippen MR) is 75.1 cm³/mol. The summed E-state index contributed by atoms with van der Waals surface area (Å²) in [5.74, 6) is 0.635. The Kier molecular flexibility index (Phi) is 5.35. The normalized spacial score (nSPS) is 12.6. The summed E-state index contributed by atoms with van der Waals surface area (Å²) in [7, 11) is 1.88. The van der Waals surface area contributed by atoms with Crippen LogP contribution < -0.4 is 5.73 Å². The lowest BCUT2D eigenvalue weighted by Crippen LogP contribution is -2.39. The molecule has 18 heavy (non-hydrogen) atoms. The lowest BCUT2D eigenvalue weighted by atomic mass is 10.0. The Hall–Kier alpha value is -1.35. The first-order valence-electron chi connectivity index (χ1n) is 6.49. The molecule has 1 atom stereocenters. The summed E-state index contributed by atoms with van der Waals surface area (Å²) in [5.41, 5.74) is 7.68. The molecule has 1 rings (SSSR count). The molecule has 0 aliphatic heterocycles. The van der Waals surface area contributed by atoms with Crippen molar-refractivity contribution in [3.05, 3.63) is 35.4 Å². The molecule has 3 nitrogen and oxygen atoms in total. The van der Waals surface area contributed by atoms with Gasteiger partial charge in [-0.15, -0.1) is 0 Å². The summed E-state index contributed by atoms with van der Waals surface area (Å²) in [5, 5.41) is 0. The molecule has 0 aliphatic rings. The molecule has 0 bridgehead atoms. The van der Waals surface area contributed by atoms with Gasteiger partial charge in [0.2, 0.25) is 5.91 Å². The zero-order valence-corrected chi connectivity index (χ0v) is 11.8. The maximum Gasteiger partial charge on any atom is 0.226 e. The maximum absolute atomic E-state index is 12.1. The zero-order valence-electron chi connectivity index (χ0n) is 11.8. The fourth-order valence-electron chi connectivity index (χ4n) is 1.77. The average Bonchev–Trinajstić information content (AvgIpc) is 2.37. The van der Waals surface area contributed by atoms with Gasteiger partial charge in [0, 0.05) is 19.6 Å². The molecular formula is C15H24N2O. The molecule has 1 aromatic carbocycles. The standard InChI is InChI=1S/C15H24N2O/c1-11(2)12(3)17(4)15(18)9-13-5-7-14(10-16)8-6-13/h5-8,11-12H,9-10,16H2,1-4H3. The quantitative estimate of drug-likeness (QED) is 0.868. The van der Waals surface area contributed by atoms with Gasteiger partial charge in [0.1, 0.15) is 0 Å². The lowest BCUT2D eigenvalue weighted by molar-refractivity contribution is -0.131. The average molecular weight is 248 g/mol. The molecule has 0 saturated heterocycles. The van der Waals surface area contributed by atoms with Crippen LogP contribution in [0.2, 0.25) is 0 Å². The molecule has 0 fully saturated rings. The van der Waals surface area contributed by atoms with Crippen molar-refractivity contribution in [1.82, 2.24) is 4.90 Å². The van der Waals surface area contributed by atoms with E-state index in [0.717, 1.165) is 11.1 Å². The van der Waals surface area contributed by atoms with Crippen LogP contribution in [-0.4, -0.2) is 23.9 Å². The minimum Gasteiger partial charge on any atom is -0.343 e. The number of rotatable bonds is 5. The van der Waals surface area contributed by atoms with Crippen LogP contribution in [0.4, 0.5) is 0 Å². The predicted octanol–water partition coefficient (Wildman–Crippen LogP) is 2.19. The first-order valence-corrected chi connectivity index (χ1v) is 6.49. The van der Waals surface area contributed by atoms with Crippen LogP contribution in [0.3, 0.4) is 0 Å². The van der Waals surface area contributed by atoms with Gasteiger partial charge < -0.3 is 10.6 Å². The van der Waals surface area contributed by atoms with Crippen molar-refractivity contribution in [2.45, 2.75) is 39.8 Å². The van der Waals surface area contributed by atoms with E-state index in [1.807, 2.05) is 36.2 Å². The van der Waals surface area contributed by atoms with E-state index < -0.39 is 0 Å². The van der Waals surface area contributed by atoms with Gasteiger partial charge in [-0.25, -0.2) is 0 Å². The Labute approximate surface area is 110 Å². The summed E-state index contributed by atoms with van der Waals surface area (Å²) in [6.45, 7) is 6.88. The van der Waals surface area contributed by atoms with Gasteiger partial charge >= 0.3 is 0 Å². The molecule has 0 aromatic heterocycles. The number of carbonyl (C=O) groups is 1. The summed E-state index contributed by atoms with van der Waals surface area (Å²) in [4.78, 5) is 13.9. The van der Waals surface area contributed by atoms with Crippen LogP contribution in [0.1, 0.15) is 31.9 Å². The smallest absolute Gasteiger partial charge is 0.226 e. The van der Waals surface area contributed by atoms with E-state index in [1.165, 1.54) is 0 Å². The molecule has 1 amide bonds. The SMILES string of the molecule is CC(C)C(C)N(C)C(=O)Cc1ccc(CN)cc1. The lowest BCUT2D eigenvalue weighted by Gasteiger charge is -2.28. The Morgan fingerprint density at radius 3 is 2.11 bits per heavy atom. The van der Waals surface area contributed by atoms with Gasteiger partial charge in [0.05, 0.1) is 6.42 Å². The monoisotopic (exact) mass is 248 g/mol. The van der Waals surface area contributed by atoms with Crippen LogP contribution in [-0.2, 0) is 17.8 Å². The zero-order chi connectivity index (χ0) is 13.7. The van der Waals surface area contributed by atoms with Gasteiger partial charge in [-0.2, -0.15) is 0 Å². The van der Waals surface area contributed by atoms with Crippen LogP contribution in [0.5, 0.6) is 0 Å². The minimum atomic E-state index is 0.164. The van der Waals surface area contributed by atoms with Crippen LogP contribution in [0, 0.1) is 5.92 Å². The highest BCUT2D eigenvalue weighted by Crippen LogP contribution is 2.11. The van der Waals surface area contributed by atoms with Crippen molar-refractivity contribution >= 4 is 5.91 Å². The number of amides is 1. The van der Waals surface area contributed by atoms with Gasteiger partial charge in [-0.1, -0.05) is 38.1 Å². The second-order valence-corrected chi connectivity index (χ2v) is 5.19. The van der Waals surface area contributed by atoms with E-state index in [0.29, 0.717) is 18.9 Å². The van der Waals surface area contributed by atoms with Gasteiger partial charge in [0.15, 0.2) is 0 Å². The van der Waals surface area contributed by atoms with Gasteiger partial charge in [-0.3, -0.25) is 4.79 Å². The Morgan fingerprint density at radius 1 is 1.17 bits per heavy atom. The first-order chi connectivity index (χ1) is 8.45. The molecule has 0 radical (unpaired) electrons. The Bertz CT molecular complexity index is 384. The Morgan fingerprint density at radius 2 is 1.67 bits per heavy atom. The van der Waals surface area contributed by atoms with Crippen molar-refractivity contribution in [1.29, 1.82) is 0 Å². The van der Waals surface area contributed by atoms with Gasteiger partial charge in [-0.05, 0) is 24.0 Å².